The predicted octanol–water partition coefficient (Wildman–Crippen LogP) is 3.36. The summed E-state index contributed by atoms with van der Waals surface area (Å²) in [6, 6.07) is 10.5. The predicted molar refractivity (Wildman–Crippen MR) is 90.4 cm³/mol. The van der Waals surface area contributed by atoms with Crippen molar-refractivity contribution in [3.05, 3.63) is 59.2 Å². The zero-order chi connectivity index (χ0) is 16.6. The number of carbonyl (C=O) groups excluding carboxylic acids is 1. The van der Waals surface area contributed by atoms with Crippen molar-refractivity contribution in [2.24, 2.45) is 5.41 Å². The first-order valence-corrected chi connectivity index (χ1v) is 8.02. The first kappa shape index (κ1) is 15.7. The van der Waals surface area contributed by atoms with Crippen molar-refractivity contribution in [2.45, 2.75) is 33.6 Å². The molecule has 0 saturated carbocycles. The van der Waals surface area contributed by atoms with Crippen LogP contribution in [0.2, 0.25) is 0 Å². The molecular formula is C19H23N3O. The molecule has 1 fully saturated rings. The van der Waals surface area contributed by atoms with E-state index in [4.69, 9.17) is 0 Å². The maximum atomic E-state index is 13.0. The molecule has 120 valence electrons. The number of likely N-dealkylation sites (tertiary alicyclic amines) is 1. The fraction of sp³-hybridized carbons (Fsp3) is 0.421. The smallest absolute Gasteiger partial charge is 0.257 e. The Labute approximate surface area is 137 Å². The molecule has 0 N–H and O–H groups in total. The summed E-state index contributed by atoms with van der Waals surface area (Å²) >= 11 is 0. The number of aromatic nitrogens is 2. The van der Waals surface area contributed by atoms with E-state index < -0.39 is 0 Å². The van der Waals surface area contributed by atoms with Gasteiger partial charge >= 0.3 is 0 Å². The molecule has 2 heterocycles. The van der Waals surface area contributed by atoms with E-state index in [2.05, 4.69) is 48.1 Å². The zero-order valence-electron chi connectivity index (χ0n) is 14.2. The largest absolute Gasteiger partial charge is 0.337 e. The third-order valence-corrected chi connectivity index (χ3v) is 4.87. The highest BCUT2D eigenvalue weighted by molar-refractivity contribution is 5.96. The van der Waals surface area contributed by atoms with Gasteiger partial charge in [0.2, 0.25) is 0 Å². The molecule has 0 spiro atoms. The molecule has 1 amide bonds. The van der Waals surface area contributed by atoms with Gasteiger partial charge in [0.25, 0.3) is 5.91 Å². The van der Waals surface area contributed by atoms with Gasteiger partial charge in [-0.2, -0.15) is 0 Å². The lowest BCUT2D eigenvalue weighted by Gasteiger charge is -2.25. The molecule has 1 unspecified atom stereocenters. The summed E-state index contributed by atoms with van der Waals surface area (Å²) in [7, 11) is 0. The number of aryl methyl sites for hydroxylation is 2. The van der Waals surface area contributed by atoms with Crippen LogP contribution < -0.4 is 0 Å². The molecule has 3 rings (SSSR count). The highest BCUT2D eigenvalue weighted by atomic mass is 16.2. The molecule has 1 aliphatic rings. The second-order valence-corrected chi connectivity index (χ2v) is 7.06. The van der Waals surface area contributed by atoms with Crippen LogP contribution in [0, 0.1) is 19.3 Å². The van der Waals surface area contributed by atoms with Crippen molar-refractivity contribution in [3.63, 3.8) is 0 Å². The summed E-state index contributed by atoms with van der Waals surface area (Å²) in [5.74, 6) is 0.394. The standard InChI is InChI=1S/C19H23N3O/c1-13-17(14(2)21-12-20-13)18(23)22-10-16(19(3,4)11-22)15-8-6-5-7-9-15/h5-9,12,16H,10-11H2,1-4H3. The van der Waals surface area contributed by atoms with Crippen LogP contribution in [0.15, 0.2) is 36.7 Å². The van der Waals surface area contributed by atoms with Crippen molar-refractivity contribution >= 4 is 5.91 Å². The number of hydrogen-bond acceptors (Lipinski definition) is 3. The Hall–Kier alpha value is -2.23. The van der Waals surface area contributed by atoms with Crippen molar-refractivity contribution in [2.75, 3.05) is 13.1 Å². The summed E-state index contributed by atoms with van der Waals surface area (Å²) in [6.07, 6.45) is 1.52. The van der Waals surface area contributed by atoms with E-state index in [0.717, 1.165) is 24.5 Å². The molecule has 4 nitrogen and oxygen atoms in total. The van der Waals surface area contributed by atoms with Crippen molar-refractivity contribution < 1.29 is 4.79 Å². The minimum Gasteiger partial charge on any atom is -0.337 e. The summed E-state index contributed by atoms with van der Waals surface area (Å²) in [5.41, 5.74) is 3.50. The summed E-state index contributed by atoms with van der Waals surface area (Å²) in [5, 5.41) is 0. The summed E-state index contributed by atoms with van der Waals surface area (Å²) in [6.45, 7) is 9.71. The third-order valence-electron chi connectivity index (χ3n) is 4.87. The maximum Gasteiger partial charge on any atom is 0.257 e. The van der Waals surface area contributed by atoms with Crippen LogP contribution in [0.5, 0.6) is 0 Å². The molecule has 0 radical (unpaired) electrons. The van der Waals surface area contributed by atoms with Gasteiger partial charge in [-0.1, -0.05) is 44.2 Å². The molecule has 0 aliphatic carbocycles. The number of rotatable bonds is 2. The molecular weight excluding hydrogens is 286 g/mol. The average Bonchev–Trinajstić information content (AvgIpc) is 2.83. The van der Waals surface area contributed by atoms with Gasteiger partial charge < -0.3 is 4.90 Å². The van der Waals surface area contributed by atoms with Gasteiger partial charge in [0.1, 0.15) is 6.33 Å². The first-order chi connectivity index (χ1) is 10.9. The molecule has 1 atom stereocenters. The topological polar surface area (TPSA) is 46.1 Å². The Bertz CT molecular complexity index is 704. The van der Waals surface area contributed by atoms with Crippen molar-refractivity contribution in [1.82, 2.24) is 14.9 Å². The molecule has 0 bridgehead atoms. The molecule has 1 saturated heterocycles. The summed E-state index contributed by atoms with van der Waals surface area (Å²) in [4.78, 5) is 23.3. The molecule has 1 aromatic heterocycles. The van der Waals surface area contributed by atoms with Gasteiger partial charge in [0.05, 0.1) is 17.0 Å². The lowest BCUT2D eigenvalue weighted by Crippen LogP contribution is -2.31. The Morgan fingerprint density at radius 3 is 2.35 bits per heavy atom. The second-order valence-electron chi connectivity index (χ2n) is 7.06. The Balaban J connectivity index is 1.90. The van der Waals surface area contributed by atoms with Crippen LogP contribution in [0.1, 0.15) is 47.1 Å². The van der Waals surface area contributed by atoms with Crippen LogP contribution in [0.25, 0.3) is 0 Å². The monoisotopic (exact) mass is 309 g/mol. The average molecular weight is 309 g/mol. The lowest BCUT2D eigenvalue weighted by atomic mass is 9.78. The van der Waals surface area contributed by atoms with Crippen LogP contribution >= 0.6 is 0 Å². The zero-order valence-corrected chi connectivity index (χ0v) is 14.2. The number of carbonyl (C=O) groups is 1. The number of nitrogens with zero attached hydrogens (tertiary/aromatic N) is 3. The molecule has 2 aromatic rings. The fourth-order valence-electron chi connectivity index (χ4n) is 3.59. The van der Waals surface area contributed by atoms with Gasteiger partial charge in [-0.05, 0) is 24.8 Å². The quantitative estimate of drug-likeness (QED) is 0.854. The van der Waals surface area contributed by atoms with E-state index in [9.17, 15) is 4.79 Å². The third kappa shape index (κ3) is 2.85. The number of amides is 1. The highest BCUT2D eigenvalue weighted by Crippen LogP contribution is 2.42. The van der Waals surface area contributed by atoms with Gasteiger partial charge in [-0.25, -0.2) is 9.97 Å². The van der Waals surface area contributed by atoms with Crippen LogP contribution in [-0.2, 0) is 0 Å². The maximum absolute atomic E-state index is 13.0. The van der Waals surface area contributed by atoms with E-state index in [1.165, 1.54) is 11.9 Å². The molecule has 4 heteroatoms. The van der Waals surface area contributed by atoms with Gasteiger partial charge in [0.15, 0.2) is 0 Å². The minimum atomic E-state index is 0.0482. The van der Waals surface area contributed by atoms with Crippen LogP contribution in [0.3, 0.4) is 0 Å². The Morgan fingerprint density at radius 1 is 1.13 bits per heavy atom. The minimum absolute atomic E-state index is 0.0482. The van der Waals surface area contributed by atoms with Gasteiger partial charge in [-0.3, -0.25) is 4.79 Å². The lowest BCUT2D eigenvalue weighted by molar-refractivity contribution is 0.0775. The SMILES string of the molecule is Cc1ncnc(C)c1C(=O)N1CC(c2ccccc2)C(C)(C)C1. The van der Waals surface area contributed by atoms with E-state index in [-0.39, 0.29) is 11.3 Å². The number of benzene rings is 1. The van der Waals surface area contributed by atoms with E-state index in [1.54, 1.807) is 0 Å². The van der Waals surface area contributed by atoms with E-state index in [0.29, 0.717) is 11.5 Å². The fourth-order valence-corrected chi connectivity index (χ4v) is 3.59. The van der Waals surface area contributed by atoms with Crippen molar-refractivity contribution in [1.29, 1.82) is 0 Å². The molecule has 23 heavy (non-hydrogen) atoms. The Morgan fingerprint density at radius 2 is 1.74 bits per heavy atom. The second kappa shape index (κ2) is 5.76. The van der Waals surface area contributed by atoms with Crippen molar-refractivity contribution in [3.8, 4) is 0 Å². The molecule has 1 aliphatic heterocycles. The Kier molecular flexibility index (Phi) is 3.92. The normalized spacial score (nSPS) is 19.8. The van der Waals surface area contributed by atoms with E-state index >= 15 is 0 Å². The summed E-state index contributed by atoms with van der Waals surface area (Å²) < 4.78 is 0. The van der Waals surface area contributed by atoms with Gasteiger partial charge in [0, 0.05) is 19.0 Å². The van der Waals surface area contributed by atoms with E-state index in [1.807, 2.05) is 24.8 Å². The molecule has 1 aromatic carbocycles. The number of hydrogen-bond donors (Lipinski definition) is 0. The first-order valence-electron chi connectivity index (χ1n) is 8.02. The van der Waals surface area contributed by atoms with Crippen LogP contribution in [0.4, 0.5) is 0 Å². The highest BCUT2D eigenvalue weighted by Gasteiger charge is 2.42. The van der Waals surface area contributed by atoms with Gasteiger partial charge in [-0.15, -0.1) is 0 Å². The van der Waals surface area contributed by atoms with Crippen LogP contribution in [-0.4, -0.2) is 33.9 Å².